The number of benzene rings is 1. The molecule has 3 aliphatic rings. The highest BCUT2D eigenvalue weighted by Crippen LogP contribution is 2.51. The Kier molecular flexibility index (Phi) is 3.01. The van der Waals surface area contributed by atoms with E-state index in [0.717, 1.165) is 19.3 Å². The fraction of sp³-hybridized carbons (Fsp3) is 0.529. The first kappa shape index (κ1) is 13.8. The number of hydrogen-bond donors (Lipinski definition) is 0. The molecular formula is C17H19NO4. The van der Waals surface area contributed by atoms with Crippen LogP contribution in [0.2, 0.25) is 0 Å². The average Bonchev–Trinajstić information content (AvgIpc) is 3.03. The van der Waals surface area contributed by atoms with Crippen molar-refractivity contribution in [1.82, 2.24) is 4.90 Å². The van der Waals surface area contributed by atoms with Crippen molar-refractivity contribution in [3.8, 4) is 5.75 Å². The molecule has 0 radical (unpaired) electrons. The van der Waals surface area contributed by atoms with Crippen LogP contribution in [0.4, 0.5) is 0 Å². The quantitative estimate of drug-likeness (QED) is 0.836. The smallest absolute Gasteiger partial charge is 0.249 e. The van der Waals surface area contributed by atoms with E-state index in [0.29, 0.717) is 17.7 Å². The molecule has 3 aliphatic heterocycles. The number of carbonyl (C=O) groups is 2. The number of para-hydroxylation sites is 1. The van der Waals surface area contributed by atoms with Crippen molar-refractivity contribution in [2.45, 2.75) is 43.4 Å². The summed E-state index contributed by atoms with van der Waals surface area (Å²) in [4.78, 5) is 26.7. The second-order valence-corrected chi connectivity index (χ2v) is 6.45. The van der Waals surface area contributed by atoms with Crippen molar-refractivity contribution in [3.05, 3.63) is 29.8 Å². The van der Waals surface area contributed by atoms with Gasteiger partial charge in [0.05, 0.1) is 18.0 Å². The Bertz CT molecular complexity index is 643. The number of ether oxygens (including phenoxy) is 2. The summed E-state index contributed by atoms with van der Waals surface area (Å²) < 4.78 is 11.3. The lowest BCUT2D eigenvalue weighted by Gasteiger charge is -2.40. The van der Waals surface area contributed by atoms with E-state index in [1.165, 1.54) is 7.11 Å². The predicted octanol–water partition coefficient (Wildman–Crippen LogP) is 1.80. The highest BCUT2D eigenvalue weighted by Gasteiger charge is 2.61. The van der Waals surface area contributed by atoms with Gasteiger partial charge in [-0.1, -0.05) is 12.1 Å². The zero-order valence-electron chi connectivity index (χ0n) is 12.6. The molecule has 3 heterocycles. The van der Waals surface area contributed by atoms with E-state index in [9.17, 15) is 9.59 Å². The van der Waals surface area contributed by atoms with Gasteiger partial charge in [-0.15, -0.1) is 0 Å². The maximum Gasteiger partial charge on any atom is 0.249 e. The van der Waals surface area contributed by atoms with Crippen molar-refractivity contribution in [2.75, 3.05) is 13.7 Å². The largest absolute Gasteiger partial charge is 0.484 e. The lowest BCUT2D eigenvalue weighted by atomic mass is 9.78. The van der Waals surface area contributed by atoms with Gasteiger partial charge in [0.2, 0.25) is 5.91 Å². The number of nitrogens with zero attached hydrogens (tertiary/aromatic N) is 1. The highest BCUT2D eigenvalue weighted by atomic mass is 16.5. The summed E-state index contributed by atoms with van der Waals surface area (Å²) >= 11 is 0. The third-order valence-corrected chi connectivity index (χ3v) is 5.21. The molecule has 0 saturated carbocycles. The van der Waals surface area contributed by atoms with Crippen LogP contribution in [0.3, 0.4) is 0 Å². The van der Waals surface area contributed by atoms with Crippen LogP contribution in [0, 0.1) is 0 Å². The van der Waals surface area contributed by atoms with Crippen LogP contribution in [0.25, 0.3) is 0 Å². The van der Waals surface area contributed by atoms with Crippen molar-refractivity contribution in [1.29, 1.82) is 0 Å². The average molecular weight is 301 g/mol. The zero-order valence-corrected chi connectivity index (χ0v) is 12.6. The van der Waals surface area contributed by atoms with Crippen molar-refractivity contribution >= 4 is 11.7 Å². The monoisotopic (exact) mass is 301 g/mol. The molecule has 3 atom stereocenters. The molecule has 1 spiro atoms. The molecule has 0 unspecified atom stereocenters. The van der Waals surface area contributed by atoms with E-state index in [4.69, 9.17) is 9.47 Å². The molecule has 2 fully saturated rings. The predicted molar refractivity (Wildman–Crippen MR) is 78.9 cm³/mol. The Morgan fingerprint density at radius 3 is 3.05 bits per heavy atom. The Morgan fingerprint density at radius 1 is 1.41 bits per heavy atom. The minimum Gasteiger partial charge on any atom is -0.484 e. The number of methoxy groups -OCH3 is 1. The van der Waals surface area contributed by atoms with Gasteiger partial charge in [-0.2, -0.15) is 0 Å². The first-order chi connectivity index (χ1) is 10.6. The maximum absolute atomic E-state index is 12.5. The lowest BCUT2D eigenvalue weighted by molar-refractivity contribution is -0.137. The van der Waals surface area contributed by atoms with Gasteiger partial charge in [0.25, 0.3) is 0 Å². The van der Waals surface area contributed by atoms with Crippen LogP contribution in [0.5, 0.6) is 5.75 Å². The van der Waals surface area contributed by atoms with Gasteiger partial charge >= 0.3 is 0 Å². The molecule has 2 bridgehead atoms. The maximum atomic E-state index is 12.5. The SMILES string of the molecule is COCC(=O)N1[C@@H]2CC[C@@H]1[C@]1(CC(=O)c3ccccc3O1)C2. The topological polar surface area (TPSA) is 55.8 Å². The number of Topliss-reactive ketones (excluding diaryl/α,β-unsaturated/α-hetero) is 1. The minimum absolute atomic E-state index is 0.00165. The van der Waals surface area contributed by atoms with Crippen molar-refractivity contribution < 1.29 is 19.1 Å². The van der Waals surface area contributed by atoms with E-state index in [1.54, 1.807) is 0 Å². The second kappa shape index (κ2) is 4.81. The van der Waals surface area contributed by atoms with Gasteiger partial charge in [0, 0.05) is 19.6 Å². The van der Waals surface area contributed by atoms with Crippen LogP contribution < -0.4 is 4.74 Å². The molecule has 1 aromatic carbocycles. The van der Waals surface area contributed by atoms with Gasteiger partial charge in [-0.25, -0.2) is 0 Å². The molecule has 0 aliphatic carbocycles. The molecule has 1 aromatic rings. The number of ketones is 1. The lowest BCUT2D eigenvalue weighted by Crippen LogP contribution is -2.52. The van der Waals surface area contributed by atoms with Crippen LogP contribution in [-0.4, -0.2) is 48.0 Å². The molecular weight excluding hydrogens is 282 g/mol. The summed E-state index contributed by atoms with van der Waals surface area (Å²) in [5.41, 5.74) is 0.114. The number of hydrogen-bond acceptors (Lipinski definition) is 4. The number of amides is 1. The Hall–Kier alpha value is -1.88. The molecule has 0 N–H and O–H groups in total. The number of fused-ring (bicyclic) bond motifs is 4. The molecule has 116 valence electrons. The summed E-state index contributed by atoms with van der Waals surface area (Å²) in [6, 6.07) is 7.55. The van der Waals surface area contributed by atoms with Crippen LogP contribution in [0.1, 0.15) is 36.0 Å². The standard InChI is InChI=1S/C17H19NO4/c1-21-10-16(20)18-11-6-7-15(18)17(8-11)9-13(19)12-4-2-3-5-14(12)22-17/h2-5,11,15H,6-10H2,1H3/t11-,15-,17-/m1/s1. The van der Waals surface area contributed by atoms with Gasteiger partial charge in [0.1, 0.15) is 18.0 Å². The second-order valence-electron chi connectivity index (χ2n) is 6.45. The van der Waals surface area contributed by atoms with Crippen LogP contribution in [0.15, 0.2) is 24.3 Å². The van der Waals surface area contributed by atoms with Gasteiger partial charge < -0.3 is 14.4 Å². The van der Waals surface area contributed by atoms with E-state index >= 15 is 0 Å². The molecule has 1 amide bonds. The Labute approximate surface area is 129 Å². The van der Waals surface area contributed by atoms with E-state index in [1.807, 2.05) is 29.2 Å². The van der Waals surface area contributed by atoms with E-state index in [-0.39, 0.29) is 30.4 Å². The Balaban J connectivity index is 1.67. The number of carbonyl (C=O) groups excluding carboxylic acids is 2. The summed E-state index contributed by atoms with van der Waals surface area (Å²) in [6.07, 6.45) is 2.99. The molecule has 4 rings (SSSR count). The molecule has 5 heteroatoms. The Morgan fingerprint density at radius 2 is 2.23 bits per heavy atom. The fourth-order valence-electron chi connectivity index (χ4n) is 4.42. The first-order valence-corrected chi connectivity index (χ1v) is 7.76. The van der Waals surface area contributed by atoms with E-state index < -0.39 is 5.60 Å². The minimum atomic E-state index is -0.544. The molecule has 2 saturated heterocycles. The van der Waals surface area contributed by atoms with Gasteiger partial charge in [0.15, 0.2) is 5.78 Å². The third kappa shape index (κ3) is 1.81. The number of rotatable bonds is 2. The van der Waals surface area contributed by atoms with Crippen LogP contribution >= 0.6 is 0 Å². The zero-order chi connectivity index (χ0) is 15.3. The molecule has 0 aromatic heterocycles. The third-order valence-electron chi connectivity index (χ3n) is 5.21. The highest BCUT2D eigenvalue weighted by molar-refractivity contribution is 6.00. The van der Waals surface area contributed by atoms with Crippen LogP contribution in [-0.2, 0) is 9.53 Å². The van der Waals surface area contributed by atoms with E-state index in [2.05, 4.69) is 0 Å². The fourth-order valence-corrected chi connectivity index (χ4v) is 4.42. The molecule has 5 nitrogen and oxygen atoms in total. The summed E-state index contributed by atoms with van der Waals surface area (Å²) in [7, 11) is 1.53. The summed E-state index contributed by atoms with van der Waals surface area (Å²) in [5.74, 6) is 0.778. The van der Waals surface area contributed by atoms with Gasteiger partial charge in [-0.05, 0) is 25.0 Å². The normalized spacial score (nSPS) is 32.2. The molecule has 22 heavy (non-hydrogen) atoms. The van der Waals surface area contributed by atoms with Crippen molar-refractivity contribution in [3.63, 3.8) is 0 Å². The van der Waals surface area contributed by atoms with Gasteiger partial charge in [-0.3, -0.25) is 9.59 Å². The first-order valence-electron chi connectivity index (χ1n) is 7.76. The summed E-state index contributed by atoms with van der Waals surface area (Å²) in [5, 5.41) is 0. The summed E-state index contributed by atoms with van der Waals surface area (Å²) in [6.45, 7) is 0.0909. The van der Waals surface area contributed by atoms with Crippen molar-refractivity contribution in [2.24, 2.45) is 0 Å².